The fourth-order valence-electron chi connectivity index (χ4n) is 3.85. The first-order valence-electron chi connectivity index (χ1n) is 8.75. The van der Waals surface area contributed by atoms with Gasteiger partial charge in [0.25, 0.3) is 5.91 Å². The summed E-state index contributed by atoms with van der Waals surface area (Å²) in [6, 6.07) is 20.5. The van der Waals surface area contributed by atoms with Gasteiger partial charge in [-0.2, -0.15) is 0 Å². The second kappa shape index (κ2) is 6.23. The van der Waals surface area contributed by atoms with E-state index in [1.807, 2.05) is 41.3 Å². The van der Waals surface area contributed by atoms with Gasteiger partial charge in [0.05, 0.1) is 6.54 Å². The quantitative estimate of drug-likeness (QED) is 0.839. The summed E-state index contributed by atoms with van der Waals surface area (Å²) in [5.41, 5.74) is 1.89. The molecule has 1 saturated carbocycles. The number of carbonyl (C=O) groups is 1. The molecule has 1 heterocycles. The van der Waals surface area contributed by atoms with E-state index in [2.05, 4.69) is 24.3 Å². The van der Waals surface area contributed by atoms with E-state index in [0.717, 1.165) is 43.5 Å². The summed E-state index contributed by atoms with van der Waals surface area (Å²) in [4.78, 5) is 20.0. The lowest BCUT2D eigenvalue weighted by Gasteiger charge is -2.22. The molecule has 0 saturated heterocycles. The lowest BCUT2D eigenvalue weighted by Crippen LogP contribution is -2.41. The van der Waals surface area contributed by atoms with Crippen LogP contribution in [0.1, 0.15) is 36.8 Å². The largest absolute Gasteiger partial charge is 0.294 e. The maximum absolute atomic E-state index is 13.1. The number of benzene rings is 2. The van der Waals surface area contributed by atoms with Crippen LogP contribution in [-0.2, 0) is 17.8 Å². The monoisotopic (exact) mass is 318 g/mol. The summed E-state index contributed by atoms with van der Waals surface area (Å²) >= 11 is 0. The minimum Gasteiger partial charge on any atom is -0.294 e. The number of amides is 1. The molecule has 1 aliphatic carbocycles. The molecule has 0 unspecified atom stereocenters. The Morgan fingerprint density at radius 2 is 1.46 bits per heavy atom. The first-order valence-corrected chi connectivity index (χ1v) is 8.75. The lowest BCUT2D eigenvalue weighted by atomic mass is 9.98. The molecular formula is C21H22N2O. The zero-order valence-electron chi connectivity index (χ0n) is 13.8. The summed E-state index contributed by atoms with van der Waals surface area (Å²) in [5, 5.41) is 0. The molecule has 0 N–H and O–H groups in total. The number of aliphatic imine (C=N–C) groups is 1. The van der Waals surface area contributed by atoms with E-state index in [4.69, 9.17) is 4.99 Å². The van der Waals surface area contributed by atoms with Crippen LogP contribution in [0.25, 0.3) is 0 Å². The smallest absolute Gasteiger partial charge is 0.256 e. The molecule has 24 heavy (non-hydrogen) atoms. The van der Waals surface area contributed by atoms with Crippen LogP contribution in [0, 0.1) is 0 Å². The van der Waals surface area contributed by atoms with Gasteiger partial charge in [-0.25, -0.2) is 0 Å². The summed E-state index contributed by atoms with van der Waals surface area (Å²) in [5.74, 6) is 1.13. The van der Waals surface area contributed by atoms with Crippen LogP contribution in [0.4, 0.5) is 0 Å². The maximum atomic E-state index is 13.1. The highest BCUT2D eigenvalue weighted by Gasteiger charge is 2.49. The normalized spacial score (nSPS) is 19.1. The number of hydrogen-bond donors (Lipinski definition) is 0. The van der Waals surface area contributed by atoms with Crippen LogP contribution in [0.5, 0.6) is 0 Å². The average molecular weight is 318 g/mol. The van der Waals surface area contributed by atoms with Gasteiger partial charge in [0, 0.05) is 6.42 Å². The highest BCUT2D eigenvalue weighted by atomic mass is 16.2. The van der Waals surface area contributed by atoms with Gasteiger partial charge in [-0.3, -0.25) is 14.7 Å². The molecule has 3 nitrogen and oxygen atoms in total. The SMILES string of the molecule is O=C1N(Cc2ccccc2)C(Cc2ccccc2)=NC12CCCC2. The van der Waals surface area contributed by atoms with Crippen LogP contribution < -0.4 is 0 Å². The number of hydrogen-bond acceptors (Lipinski definition) is 2. The third-order valence-electron chi connectivity index (χ3n) is 5.12. The molecule has 0 bridgehead atoms. The van der Waals surface area contributed by atoms with Crippen molar-refractivity contribution in [2.24, 2.45) is 4.99 Å². The molecule has 0 radical (unpaired) electrons. The molecule has 0 aromatic heterocycles. The third-order valence-corrected chi connectivity index (χ3v) is 5.12. The summed E-state index contributed by atoms with van der Waals surface area (Å²) in [6.45, 7) is 0.618. The molecule has 1 amide bonds. The zero-order valence-corrected chi connectivity index (χ0v) is 13.8. The van der Waals surface area contributed by atoms with E-state index < -0.39 is 5.54 Å². The molecule has 1 fully saturated rings. The van der Waals surface area contributed by atoms with E-state index in [9.17, 15) is 4.79 Å². The molecule has 122 valence electrons. The van der Waals surface area contributed by atoms with Crippen molar-refractivity contribution in [3.8, 4) is 0 Å². The van der Waals surface area contributed by atoms with E-state index in [1.165, 1.54) is 5.56 Å². The van der Waals surface area contributed by atoms with Crippen LogP contribution in [0.2, 0.25) is 0 Å². The van der Waals surface area contributed by atoms with Crippen molar-refractivity contribution in [1.82, 2.24) is 4.90 Å². The topological polar surface area (TPSA) is 32.7 Å². The average Bonchev–Trinajstić information content (AvgIpc) is 3.18. The molecule has 0 atom stereocenters. The minimum atomic E-state index is -0.473. The van der Waals surface area contributed by atoms with Gasteiger partial charge >= 0.3 is 0 Å². The molecule has 2 aromatic carbocycles. The van der Waals surface area contributed by atoms with Gasteiger partial charge in [-0.05, 0) is 24.0 Å². The van der Waals surface area contributed by atoms with Crippen LogP contribution >= 0.6 is 0 Å². The molecule has 3 heteroatoms. The Labute approximate surface area is 143 Å². The van der Waals surface area contributed by atoms with E-state index in [-0.39, 0.29) is 5.91 Å². The highest BCUT2D eigenvalue weighted by Crippen LogP contribution is 2.39. The third kappa shape index (κ3) is 2.75. The first-order chi connectivity index (χ1) is 11.8. The van der Waals surface area contributed by atoms with Gasteiger partial charge < -0.3 is 0 Å². The number of nitrogens with zero attached hydrogens (tertiary/aromatic N) is 2. The lowest BCUT2D eigenvalue weighted by molar-refractivity contribution is -0.131. The van der Waals surface area contributed by atoms with Gasteiger partial charge in [0.1, 0.15) is 11.4 Å². The highest BCUT2D eigenvalue weighted by molar-refractivity contribution is 6.09. The van der Waals surface area contributed by atoms with Crippen molar-refractivity contribution >= 4 is 11.7 Å². The molecule has 1 aliphatic heterocycles. The second-order valence-electron chi connectivity index (χ2n) is 6.81. The van der Waals surface area contributed by atoms with Crippen molar-refractivity contribution in [3.05, 3.63) is 71.8 Å². The van der Waals surface area contributed by atoms with E-state index >= 15 is 0 Å². The van der Waals surface area contributed by atoms with Crippen molar-refractivity contribution in [2.45, 2.75) is 44.2 Å². The van der Waals surface area contributed by atoms with Crippen LogP contribution in [0.3, 0.4) is 0 Å². The molecule has 2 aromatic rings. The number of amidine groups is 1. The first kappa shape index (κ1) is 15.1. The van der Waals surface area contributed by atoms with Gasteiger partial charge in [-0.15, -0.1) is 0 Å². The Morgan fingerprint density at radius 1 is 0.875 bits per heavy atom. The van der Waals surface area contributed by atoms with Crippen molar-refractivity contribution in [3.63, 3.8) is 0 Å². The predicted molar refractivity (Wildman–Crippen MR) is 95.8 cm³/mol. The fraction of sp³-hybridized carbons (Fsp3) is 0.333. The van der Waals surface area contributed by atoms with Crippen molar-refractivity contribution in [2.75, 3.05) is 0 Å². The summed E-state index contributed by atoms with van der Waals surface area (Å²) < 4.78 is 0. The standard InChI is InChI=1S/C21H22N2O/c24-20-21(13-7-8-14-21)22-19(15-17-9-3-1-4-10-17)23(20)16-18-11-5-2-6-12-18/h1-6,9-12H,7-8,13-16H2. The van der Waals surface area contributed by atoms with Crippen molar-refractivity contribution in [1.29, 1.82) is 0 Å². The minimum absolute atomic E-state index is 0.204. The summed E-state index contributed by atoms with van der Waals surface area (Å²) in [7, 11) is 0. The zero-order chi connectivity index (χ0) is 16.4. The van der Waals surface area contributed by atoms with Crippen molar-refractivity contribution < 1.29 is 4.79 Å². The van der Waals surface area contributed by atoms with Gasteiger partial charge in [0.15, 0.2) is 0 Å². The molecular weight excluding hydrogens is 296 g/mol. The van der Waals surface area contributed by atoms with E-state index in [0.29, 0.717) is 6.54 Å². The number of carbonyl (C=O) groups excluding carboxylic acids is 1. The predicted octanol–water partition coefficient (Wildman–Crippen LogP) is 3.98. The Morgan fingerprint density at radius 3 is 2.08 bits per heavy atom. The molecule has 2 aliphatic rings. The Balaban J connectivity index is 1.64. The maximum Gasteiger partial charge on any atom is 0.256 e. The Hall–Kier alpha value is -2.42. The molecule has 4 rings (SSSR count). The van der Waals surface area contributed by atoms with Gasteiger partial charge in [0.2, 0.25) is 0 Å². The second-order valence-corrected chi connectivity index (χ2v) is 6.81. The summed E-state index contributed by atoms with van der Waals surface area (Å²) in [6.07, 6.45) is 4.73. The Kier molecular flexibility index (Phi) is 3.93. The van der Waals surface area contributed by atoms with Gasteiger partial charge in [-0.1, -0.05) is 73.5 Å². The van der Waals surface area contributed by atoms with Crippen LogP contribution in [-0.4, -0.2) is 22.2 Å². The Bertz CT molecular complexity index is 746. The fourth-order valence-corrected chi connectivity index (χ4v) is 3.85. The van der Waals surface area contributed by atoms with Crippen LogP contribution in [0.15, 0.2) is 65.7 Å². The molecule has 1 spiro atoms. The number of rotatable bonds is 4. The van der Waals surface area contributed by atoms with E-state index in [1.54, 1.807) is 0 Å².